The molecule has 1 aromatic heterocycles. The van der Waals surface area contributed by atoms with Crippen LogP contribution in [0, 0.1) is 0 Å². The highest BCUT2D eigenvalue weighted by Gasteiger charge is 2.51. The van der Waals surface area contributed by atoms with E-state index in [1.54, 1.807) is 12.2 Å². The number of carboxylic acids is 1. The molecule has 1 amide bonds. The summed E-state index contributed by atoms with van der Waals surface area (Å²) in [7, 11) is 0. The Hall–Kier alpha value is -1.06. The normalized spacial score (nSPS) is 24.7. The number of carboxylic acid groups (broad SMARTS) is 1. The molecule has 0 radical (unpaired) electrons. The van der Waals surface area contributed by atoms with Gasteiger partial charge in [0.2, 0.25) is 5.91 Å². The zero-order valence-electron chi connectivity index (χ0n) is 10.8. The summed E-state index contributed by atoms with van der Waals surface area (Å²) in [6, 6.07) is -0.639. The molecule has 6 nitrogen and oxygen atoms in total. The minimum Gasteiger partial charge on any atom is -0.477 e. The topological polar surface area (TPSA) is 96.5 Å². The van der Waals surface area contributed by atoms with Crippen molar-refractivity contribution in [1.29, 1.82) is 0 Å². The predicted molar refractivity (Wildman–Crippen MR) is 86.9 cm³/mol. The van der Waals surface area contributed by atoms with Crippen LogP contribution in [-0.4, -0.2) is 44.0 Å². The molecule has 0 bridgehead atoms. The van der Waals surface area contributed by atoms with Crippen LogP contribution in [0.5, 0.6) is 0 Å². The van der Waals surface area contributed by atoms with Crippen molar-refractivity contribution in [3.05, 3.63) is 31.8 Å². The summed E-state index contributed by atoms with van der Waals surface area (Å²) in [5, 5.41) is 9.35. The molecule has 0 aromatic carbocycles. The Morgan fingerprint density at radius 2 is 2.18 bits per heavy atom. The lowest BCUT2D eigenvalue weighted by molar-refractivity contribution is -0.147. The Balaban J connectivity index is 1.95. The summed E-state index contributed by atoms with van der Waals surface area (Å²) in [4.78, 5) is 29.0. The van der Waals surface area contributed by atoms with Crippen LogP contribution < -0.4 is 5.73 Å². The summed E-state index contributed by atoms with van der Waals surface area (Å²) < 4.78 is 0.305. The fourth-order valence-corrected chi connectivity index (χ4v) is 4.77. The number of amides is 1. The van der Waals surface area contributed by atoms with Gasteiger partial charge in [-0.3, -0.25) is 9.69 Å². The van der Waals surface area contributed by atoms with Crippen LogP contribution >= 0.6 is 46.3 Å². The molecule has 2 atom stereocenters. The zero-order valence-corrected chi connectivity index (χ0v) is 14.0. The second-order valence-electron chi connectivity index (χ2n) is 4.57. The lowest BCUT2D eigenvalue weighted by atomic mass is 10.0. The number of nitrogens with zero attached hydrogens (tertiary/aromatic N) is 2. The molecule has 2 aliphatic heterocycles. The summed E-state index contributed by atoms with van der Waals surface area (Å²) >= 11 is 14.3. The van der Waals surface area contributed by atoms with Gasteiger partial charge in [0.05, 0.1) is 4.88 Å². The number of allylic oxidation sites excluding steroid dienone is 1. The van der Waals surface area contributed by atoms with Gasteiger partial charge in [-0.1, -0.05) is 29.3 Å². The number of β-lactam (4-membered cyclic amide) rings is 1. The van der Waals surface area contributed by atoms with Gasteiger partial charge in [-0.25, -0.2) is 9.78 Å². The molecule has 3 heterocycles. The van der Waals surface area contributed by atoms with Gasteiger partial charge in [0.15, 0.2) is 4.47 Å². The maximum atomic E-state index is 11.8. The second kappa shape index (κ2) is 5.86. The van der Waals surface area contributed by atoms with Crippen molar-refractivity contribution in [3.63, 3.8) is 0 Å². The van der Waals surface area contributed by atoms with E-state index in [4.69, 9.17) is 28.9 Å². The third-order valence-corrected chi connectivity index (χ3v) is 6.11. The van der Waals surface area contributed by atoms with Crippen LogP contribution in [0.2, 0.25) is 9.62 Å². The lowest BCUT2D eigenvalue weighted by Crippen LogP contribution is -2.68. The first kappa shape index (κ1) is 15.8. The van der Waals surface area contributed by atoms with E-state index < -0.39 is 12.0 Å². The van der Waals surface area contributed by atoms with E-state index in [1.807, 2.05) is 0 Å². The Morgan fingerprint density at radius 1 is 1.45 bits per heavy atom. The maximum absolute atomic E-state index is 11.8. The largest absolute Gasteiger partial charge is 0.477 e. The second-order valence-corrected chi connectivity index (χ2v) is 7.65. The molecule has 1 saturated heterocycles. The van der Waals surface area contributed by atoms with Crippen LogP contribution in [0.15, 0.2) is 17.3 Å². The van der Waals surface area contributed by atoms with E-state index in [2.05, 4.69) is 4.98 Å². The number of halogens is 2. The minimum atomic E-state index is -1.15. The first-order valence-electron chi connectivity index (χ1n) is 6.06. The highest BCUT2D eigenvalue weighted by molar-refractivity contribution is 8.00. The van der Waals surface area contributed by atoms with Crippen LogP contribution in [0.3, 0.4) is 0 Å². The summed E-state index contributed by atoms with van der Waals surface area (Å²) in [5.74, 6) is -1.08. The van der Waals surface area contributed by atoms with E-state index in [0.717, 1.165) is 0 Å². The standard InChI is InChI=1S/C12H9Cl2N3O3S2/c13-8-5(22-12(14)16-8)2-1-4-3-21-10-6(15)9(18)17(10)7(4)11(19)20/h1-2,6,10H,3,15H2,(H,19,20). The number of aliphatic carboxylic acids is 1. The van der Waals surface area contributed by atoms with Crippen LogP contribution in [0.25, 0.3) is 6.08 Å². The van der Waals surface area contributed by atoms with E-state index in [0.29, 0.717) is 20.7 Å². The Kier molecular flexibility index (Phi) is 4.21. The van der Waals surface area contributed by atoms with Gasteiger partial charge < -0.3 is 10.8 Å². The summed E-state index contributed by atoms with van der Waals surface area (Å²) in [5.41, 5.74) is 6.18. The van der Waals surface area contributed by atoms with Crippen molar-refractivity contribution >= 4 is 64.3 Å². The SMILES string of the molecule is NC1C(=O)N2C(C(=O)O)=C(C=Cc3sc(Cl)nc3Cl)CSC12. The van der Waals surface area contributed by atoms with Crippen molar-refractivity contribution in [2.75, 3.05) is 5.75 Å². The van der Waals surface area contributed by atoms with Crippen LogP contribution in [0.1, 0.15) is 4.88 Å². The van der Waals surface area contributed by atoms with Gasteiger partial charge in [0, 0.05) is 5.75 Å². The number of aromatic nitrogens is 1. The highest BCUT2D eigenvalue weighted by atomic mass is 35.5. The van der Waals surface area contributed by atoms with Crippen molar-refractivity contribution < 1.29 is 14.7 Å². The first-order valence-corrected chi connectivity index (χ1v) is 8.69. The molecule has 0 saturated carbocycles. The number of nitrogens with two attached hydrogens (primary N) is 1. The molecule has 22 heavy (non-hydrogen) atoms. The molecule has 3 rings (SSSR count). The number of carbonyl (C=O) groups is 2. The predicted octanol–water partition coefficient (Wildman–Crippen LogP) is 2.04. The van der Waals surface area contributed by atoms with Gasteiger partial charge in [-0.15, -0.1) is 23.1 Å². The summed E-state index contributed by atoms with van der Waals surface area (Å²) in [6.07, 6.45) is 3.27. The number of thioether (sulfide) groups is 1. The van der Waals surface area contributed by atoms with Gasteiger partial charge in [0.1, 0.15) is 22.3 Å². The number of thiazole rings is 1. The minimum absolute atomic E-state index is 0.0292. The van der Waals surface area contributed by atoms with E-state index in [-0.39, 0.29) is 22.1 Å². The summed E-state index contributed by atoms with van der Waals surface area (Å²) in [6.45, 7) is 0. The molecular weight excluding hydrogens is 369 g/mol. The quantitative estimate of drug-likeness (QED) is 0.782. The maximum Gasteiger partial charge on any atom is 0.352 e. The fourth-order valence-electron chi connectivity index (χ4n) is 2.23. The van der Waals surface area contributed by atoms with E-state index in [1.165, 1.54) is 28.0 Å². The molecule has 0 aliphatic carbocycles. The van der Waals surface area contributed by atoms with Crippen molar-refractivity contribution in [2.24, 2.45) is 5.73 Å². The Bertz CT molecular complexity index is 731. The van der Waals surface area contributed by atoms with Gasteiger partial charge in [-0.05, 0) is 11.6 Å². The fraction of sp³-hybridized carbons (Fsp3) is 0.250. The number of rotatable bonds is 3. The molecule has 3 N–H and O–H groups in total. The average molecular weight is 378 g/mol. The molecule has 0 spiro atoms. The Labute approximate surface area is 143 Å². The molecule has 1 aromatic rings. The van der Waals surface area contributed by atoms with E-state index in [9.17, 15) is 14.7 Å². The van der Waals surface area contributed by atoms with Gasteiger partial charge in [-0.2, -0.15) is 0 Å². The van der Waals surface area contributed by atoms with Gasteiger partial charge in [0.25, 0.3) is 0 Å². The highest BCUT2D eigenvalue weighted by Crippen LogP contribution is 2.40. The van der Waals surface area contributed by atoms with E-state index >= 15 is 0 Å². The smallest absolute Gasteiger partial charge is 0.352 e. The zero-order chi connectivity index (χ0) is 16.0. The molecule has 10 heteroatoms. The molecule has 1 fully saturated rings. The third-order valence-electron chi connectivity index (χ3n) is 3.26. The van der Waals surface area contributed by atoms with Crippen LogP contribution in [0.4, 0.5) is 0 Å². The lowest BCUT2D eigenvalue weighted by Gasteiger charge is -2.47. The average Bonchev–Trinajstić information content (AvgIpc) is 2.80. The van der Waals surface area contributed by atoms with Gasteiger partial charge >= 0.3 is 5.97 Å². The number of hydrogen-bond acceptors (Lipinski definition) is 6. The first-order chi connectivity index (χ1) is 10.4. The van der Waals surface area contributed by atoms with Crippen LogP contribution in [-0.2, 0) is 9.59 Å². The molecule has 2 aliphatic rings. The number of hydrogen-bond donors (Lipinski definition) is 2. The third kappa shape index (κ3) is 2.55. The molecular formula is C12H9Cl2N3O3S2. The Morgan fingerprint density at radius 3 is 2.77 bits per heavy atom. The molecule has 2 unspecified atom stereocenters. The molecule has 116 valence electrons. The number of fused-ring (bicyclic) bond motifs is 1. The van der Waals surface area contributed by atoms with Crippen molar-refractivity contribution in [1.82, 2.24) is 9.88 Å². The number of carbonyl (C=O) groups excluding carboxylic acids is 1. The van der Waals surface area contributed by atoms with Crippen molar-refractivity contribution in [2.45, 2.75) is 11.4 Å². The monoisotopic (exact) mass is 377 g/mol. The van der Waals surface area contributed by atoms with Crippen molar-refractivity contribution in [3.8, 4) is 0 Å².